The van der Waals surface area contributed by atoms with Crippen LogP contribution in [0.2, 0.25) is 0 Å². The van der Waals surface area contributed by atoms with Crippen LogP contribution in [0.25, 0.3) is 0 Å². The number of hydrogen-bond acceptors (Lipinski definition) is 4. The molecule has 0 bridgehead atoms. The van der Waals surface area contributed by atoms with E-state index in [0.717, 1.165) is 18.9 Å². The molecule has 2 aliphatic rings. The SMILES string of the molecule is c1nc(NC2CCNCC2)cc(C2CCCC2)n1. The van der Waals surface area contributed by atoms with Crippen LogP contribution in [-0.2, 0) is 0 Å². The lowest BCUT2D eigenvalue weighted by molar-refractivity contribution is 0.478. The van der Waals surface area contributed by atoms with Crippen molar-refractivity contribution < 1.29 is 0 Å². The van der Waals surface area contributed by atoms with Crippen molar-refractivity contribution in [2.45, 2.75) is 50.5 Å². The second-order valence-electron chi connectivity index (χ2n) is 5.48. The molecule has 2 N–H and O–H groups in total. The number of piperidine rings is 1. The topological polar surface area (TPSA) is 49.8 Å². The molecule has 98 valence electrons. The zero-order valence-electron chi connectivity index (χ0n) is 10.9. The molecule has 1 aliphatic heterocycles. The molecule has 1 saturated heterocycles. The fourth-order valence-corrected chi connectivity index (χ4v) is 3.07. The van der Waals surface area contributed by atoms with Crippen LogP contribution in [0, 0.1) is 0 Å². The van der Waals surface area contributed by atoms with Crippen molar-refractivity contribution in [1.82, 2.24) is 15.3 Å². The lowest BCUT2D eigenvalue weighted by Gasteiger charge is -2.24. The van der Waals surface area contributed by atoms with Gasteiger partial charge in [0.25, 0.3) is 0 Å². The number of aromatic nitrogens is 2. The van der Waals surface area contributed by atoms with Crippen molar-refractivity contribution in [3.8, 4) is 0 Å². The Balaban J connectivity index is 1.66. The third kappa shape index (κ3) is 2.80. The van der Waals surface area contributed by atoms with Gasteiger partial charge in [-0.3, -0.25) is 0 Å². The highest BCUT2D eigenvalue weighted by atomic mass is 15.1. The van der Waals surface area contributed by atoms with Gasteiger partial charge in [-0.25, -0.2) is 9.97 Å². The molecule has 1 aliphatic carbocycles. The van der Waals surface area contributed by atoms with Crippen molar-refractivity contribution >= 4 is 5.82 Å². The van der Waals surface area contributed by atoms with Crippen LogP contribution in [0.15, 0.2) is 12.4 Å². The van der Waals surface area contributed by atoms with Gasteiger partial charge in [-0.1, -0.05) is 12.8 Å². The minimum atomic E-state index is 0.567. The van der Waals surface area contributed by atoms with Gasteiger partial charge in [0.05, 0.1) is 0 Å². The van der Waals surface area contributed by atoms with E-state index in [9.17, 15) is 0 Å². The summed E-state index contributed by atoms with van der Waals surface area (Å²) in [7, 11) is 0. The fraction of sp³-hybridized carbons (Fsp3) is 0.714. The average molecular weight is 246 g/mol. The quantitative estimate of drug-likeness (QED) is 0.859. The van der Waals surface area contributed by atoms with E-state index in [1.54, 1.807) is 6.33 Å². The van der Waals surface area contributed by atoms with Crippen LogP contribution >= 0.6 is 0 Å². The van der Waals surface area contributed by atoms with Crippen LogP contribution in [0.1, 0.15) is 50.1 Å². The summed E-state index contributed by atoms with van der Waals surface area (Å²) in [5.74, 6) is 1.68. The summed E-state index contributed by atoms with van der Waals surface area (Å²) in [4.78, 5) is 8.81. The summed E-state index contributed by atoms with van der Waals surface area (Å²) in [5.41, 5.74) is 1.24. The number of hydrogen-bond donors (Lipinski definition) is 2. The van der Waals surface area contributed by atoms with Gasteiger partial charge < -0.3 is 10.6 Å². The molecule has 3 rings (SSSR count). The van der Waals surface area contributed by atoms with Crippen molar-refractivity contribution in [2.24, 2.45) is 0 Å². The van der Waals surface area contributed by atoms with E-state index in [2.05, 4.69) is 26.7 Å². The molecule has 0 aromatic carbocycles. The molecule has 2 heterocycles. The lowest BCUT2D eigenvalue weighted by atomic mass is 10.0. The van der Waals surface area contributed by atoms with Crippen molar-refractivity contribution in [3.05, 3.63) is 18.1 Å². The van der Waals surface area contributed by atoms with Crippen molar-refractivity contribution in [2.75, 3.05) is 18.4 Å². The van der Waals surface area contributed by atoms with Crippen molar-refractivity contribution in [3.63, 3.8) is 0 Å². The summed E-state index contributed by atoms with van der Waals surface area (Å²) in [5, 5.41) is 6.94. The molecule has 0 radical (unpaired) electrons. The van der Waals surface area contributed by atoms with Gasteiger partial charge >= 0.3 is 0 Å². The predicted molar refractivity (Wildman–Crippen MR) is 72.8 cm³/mol. The molecule has 0 amide bonds. The van der Waals surface area contributed by atoms with Crippen LogP contribution < -0.4 is 10.6 Å². The van der Waals surface area contributed by atoms with Crippen LogP contribution in [-0.4, -0.2) is 29.1 Å². The van der Waals surface area contributed by atoms with Gasteiger partial charge in [-0.15, -0.1) is 0 Å². The van der Waals surface area contributed by atoms with Crippen LogP contribution in [0.5, 0.6) is 0 Å². The standard InChI is InChI=1S/C14H22N4/c1-2-4-11(3-1)13-9-14(17-10-16-13)18-12-5-7-15-8-6-12/h9-12,15H,1-8H2,(H,16,17,18). The minimum absolute atomic E-state index is 0.567. The normalized spacial score (nSPS) is 22.2. The van der Waals surface area contributed by atoms with Crippen LogP contribution in [0.3, 0.4) is 0 Å². The minimum Gasteiger partial charge on any atom is -0.367 e. The van der Waals surface area contributed by atoms with Gasteiger partial charge in [0.15, 0.2) is 0 Å². The van der Waals surface area contributed by atoms with Crippen molar-refractivity contribution in [1.29, 1.82) is 0 Å². The van der Waals surface area contributed by atoms with E-state index in [-0.39, 0.29) is 0 Å². The maximum Gasteiger partial charge on any atom is 0.129 e. The highest BCUT2D eigenvalue weighted by Crippen LogP contribution is 2.33. The molecule has 0 atom stereocenters. The Kier molecular flexibility index (Phi) is 3.74. The van der Waals surface area contributed by atoms with Crippen LogP contribution in [0.4, 0.5) is 5.82 Å². The Morgan fingerprint density at radius 3 is 2.61 bits per heavy atom. The molecule has 0 spiro atoms. The predicted octanol–water partition coefficient (Wildman–Crippen LogP) is 2.30. The molecule has 1 aromatic heterocycles. The molecular weight excluding hydrogens is 224 g/mol. The largest absolute Gasteiger partial charge is 0.367 e. The second-order valence-corrected chi connectivity index (χ2v) is 5.48. The average Bonchev–Trinajstić information content (AvgIpc) is 2.94. The first-order chi connectivity index (χ1) is 8.92. The summed E-state index contributed by atoms with van der Waals surface area (Å²) >= 11 is 0. The molecule has 2 fully saturated rings. The molecule has 0 unspecified atom stereocenters. The number of nitrogens with one attached hydrogen (secondary N) is 2. The summed E-state index contributed by atoms with van der Waals surface area (Å²) in [6.07, 6.45) is 9.38. The Morgan fingerprint density at radius 1 is 1.06 bits per heavy atom. The zero-order chi connectivity index (χ0) is 12.2. The first kappa shape index (κ1) is 11.9. The second kappa shape index (κ2) is 5.65. The summed E-state index contributed by atoms with van der Waals surface area (Å²) in [6.45, 7) is 2.22. The maximum absolute atomic E-state index is 4.45. The monoisotopic (exact) mass is 246 g/mol. The third-order valence-corrected chi connectivity index (χ3v) is 4.15. The van der Waals surface area contributed by atoms with E-state index >= 15 is 0 Å². The highest BCUT2D eigenvalue weighted by molar-refractivity contribution is 5.37. The van der Waals surface area contributed by atoms with E-state index in [4.69, 9.17) is 0 Å². The molecule has 4 heteroatoms. The number of nitrogens with zero attached hydrogens (tertiary/aromatic N) is 2. The first-order valence-electron chi connectivity index (χ1n) is 7.21. The molecular formula is C14H22N4. The smallest absolute Gasteiger partial charge is 0.129 e. The van der Waals surface area contributed by atoms with Gasteiger partial charge in [-0.05, 0) is 38.8 Å². The van der Waals surface area contributed by atoms with E-state index in [1.165, 1.54) is 44.2 Å². The highest BCUT2D eigenvalue weighted by Gasteiger charge is 2.19. The fourth-order valence-electron chi connectivity index (χ4n) is 3.07. The summed E-state index contributed by atoms with van der Waals surface area (Å²) < 4.78 is 0. The summed E-state index contributed by atoms with van der Waals surface area (Å²) in [6, 6.07) is 2.73. The Morgan fingerprint density at radius 2 is 1.83 bits per heavy atom. The first-order valence-corrected chi connectivity index (χ1v) is 7.21. The van der Waals surface area contributed by atoms with E-state index in [1.807, 2.05) is 0 Å². The Hall–Kier alpha value is -1.16. The Bertz CT molecular complexity index is 381. The molecule has 1 aromatic rings. The van der Waals surface area contributed by atoms with E-state index in [0.29, 0.717) is 12.0 Å². The maximum atomic E-state index is 4.45. The zero-order valence-corrected chi connectivity index (χ0v) is 10.9. The Labute approximate surface area is 109 Å². The molecule has 4 nitrogen and oxygen atoms in total. The lowest BCUT2D eigenvalue weighted by Crippen LogP contribution is -2.35. The van der Waals surface area contributed by atoms with Gasteiger partial charge in [0, 0.05) is 23.7 Å². The van der Waals surface area contributed by atoms with Gasteiger partial charge in [0.2, 0.25) is 0 Å². The van der Waals surface area contributed by atoms with E-state index < -0.39 is 0 Å². The molecule has 18 heavy (non-hydrogen) atoms. The van der Waals surface area contributed by atoms with Gasteiger partial charge in [-0.2, -0.15) is 0 Å². The number of rotatable bonds is 3. The molecule has 1 saturated carbocycles. The number of anilines is 1. The van der Waals surface area contributed by atoms with Gasteiger partial charge in [0.1, 0.15) is 12.1 Å². The third-order valence-electron chi connectivity index (χ3n) is 4.15.